The van der Waals surface area contributed by atoms with Crippen molar-refractivity contribution < 1.29 is 18.0 Å². The van der Waals surface area contributed by atoms with Gasteiger partial charge in [0.15, 0.2) is 0 Å². The van der Waals surface area contributed by atoms with Gasteiger partial charge in [-0.3, -0.25) is 4.79 Å². The molecule has 0 bridgehead atoms. The molecule has 1 amide bonds. The third kappa shape index (κ3) is 4.67. The van der Waals surface area contributed by atoms with Crippen LogP contribution in [0.15, 0.2) is 22.7 Å². The molecule has 116 valence electrons. The van der Waals surface area contributed by atoms with E-state index in [0.29, 0.717) is 0 Å². The molecule has 0 heterocycles. The molecule has 1 unspecified atom stereocenters. The van der Waals surface area contributed by atoms with Gasteiger partial charge >= 0.3 is 6.18 Å². The molecule has 0 saturated carbocycles. The molecular weight excluding hydrogens is 369 g/mol. The summed E-state index contributed by atoms with van der Waals surface area (Å²) in [6.07, 6.45) is -4.36. The fourth-order valence-electron chi connectivity index (χ4n) is 1.76. The lowest BCUT2D eigenvalue weighted by atomic mass is 10.0. The molecule has 21 heavy (non-hydrogen) atoms. The van der Waals surface area contributed by atoms with Crippen LogP contribution < -0.4 is 5.73 Å². The second-order valence-electron chi connectivity index (χ2n) is 4.62. The van der Waals surface area contributed by atoms with Crippen LogP contribution in [-0.4, -0.2) is 28.9 Å². The van der Waals surface area contributed by atoms with E-state index >= 15 is 0 Å². The van der Waals surface area contributed by atoms with Gasteiger partial charge in [-0.05, 0) is 25.1 Å². The van der Waals surface area contributed by atoms with Gasteiger partial charge in [-0.2, -0.15) is 13.2 Å². The molecule has 2 N–H and O–H groups in total. The fourth-order valence-corrected chi connectivity index (χ4v) is 2.36. The zero-order chi connectivity index (χ0) is 16.4. The third-order valence-electron chi connectivity index (χ3n) is 3.00. The van der Waals surface area contributed by atoms with Gasteiger partial charge in [-0.1, -0.05) is 28.1 Å². The summed E-state index contributed by atoms with van der Waals surface area (Å²) in [5.74, 6) is -0.724. The first-order chi connectivity index (χ1) is 9.54. The smallest absolute Gasteiger partial charge is 0.393 e. The van der Waals surface area contributed by atoms with Crippen molar-refractivity contribution in [2.75, 3.05) is 7.05 Å². The Morgan fingerprint density at radius 2 is 2.05 bits per heavy atom. The fraction of sp³-hybridized carbons (Fsp3) is 0.385. The van der Waals surface area contributed by atoms with Gasteiger partial charge in [0.05, 0.1) is 16.1 Å². The molecule has 1 aromatic rings. The molecule has 0 aliphatic rings. The number of hydrogen-bond acceptors (Lipinski definition) is 2. The maximum Gasteiger partial charge on any atom is 0.417 e. The lowest BCUT2D eigenvalue weighted by molar-refractivity contribution is -0.138. The maximum atomic E-state index is 13.0. The summed E-state index contributed by atoms with van der Waals surface area (Å²) in [6.45, 7) is 1.67. The summed E-state index contributed by atoms with van der Waals surface area (Å²) in [5.41, 5.74) is 4.02. The van der Waals surface area contributed by atoms with Gasteiger partial charge in [0.2, 0.25) is 0 Å². The summed E-state index contributed by atoms with van der Waals surface area (Å²) in [4.78, 5) is 13.7. The van der Waals surface area contributed by atoms with E-state index in [4.69, 9.17) is 18.0 Å². The van der Waals surface area contributed by atoms with E-state index in [9.17, 15) is 18.0 Å². The molecule has 1 rings (SSSR count). The molecule has 3 nitrogen and oxygen atoms in total. The van der Waals surface area contributed by atoms with Crippen LogP contribution in [-0.2, 0) is 6.18 Å². The van der Waals surface area contributed by atoms with Crippen molar-refractivity contribution in [1.82, 2.24) is 4.90 Å². The van der Waals surface area contributed by atoms with Crippen LogP contribution in [0, 0.1) is 0 Å². The molecule has 0 fully saturated rings. The quantitative estimate of drug-likeness (QED) is 0.809. The van der Waals surface area contributed by atoms with E-state index in [-0.39, 0.29) is 21.9 Å². The molecule has 1 aromatic carbocycles. The molecule has 1 atom stereocenters. The van der Waals surface area contributed by atoms with Gasteiger partial charge in [0.25, 0.3) is 5.91 Å². The number of amides is 1. The van der Waals surface area contributed by atoms with E-state index in [1.165, 1.54) is 18.0 Å². The monoisotopic (exact) mass is 382 g/mol. The van der Waals surface area contributed by atoms with Crippen molar-refractivity contribution in [3.63, 3.8) is 0 Å². The number of carbonyl (C=O) groups is 1. The lowest BCUT2D eigenvalue weighted by Gasteiger charge is -2.26. The highest BCUT2D eigenvalue weighted by Crippen LogP contribution is 2.34. The van der Waals surface area contributed by atoms with Crippen molar-refractivity contribution in [3.8, 4) is 0 Å². The van der Waals surface area contributed by atoms with Crippen LogP contribution in [0.2, 0.25) is 0 Å². The maximum absolute atomic E-state index is 13.0. The first-order valence-electron chi connectivity index (χ1n) is 5.96. The minimum Gasteiger partial charge on any atom is -0.393 e. The number of nitrogens with zero attached hydrogens (tertiary/aromatic N) is 1. The van der Waals surface area contributed by atoms with E-state index in [2.05, 4.69) is 15.9 Å². The second-order valence-corrected chi connectivity index (χ2v) is 6.06. The summed E-state index contributed by atoms with van der Waals surface area (Å²) >= 11 is 7.73. The average molecular weight is 383 g/mol. The van der Waals surface area contributed by atoms with Gasteiger partial charge < -0.3 is 10.6 Å². The SMILES string of the molecule is CC(CC(N)=S)N(C)C(=O)c1ccc(Br)cc1C(F)(F)F. The topological polar surface area (TPSA) is 46.3 Å². The number of benzene rings is 1. The highest BCUT2D eigenvalue weighted by atomic mass is 79.9. The predicted octanol–water partition coefficient (Wildman–Crippen LogP) is 3.60. The van der Waals surface area contributed by atoms with Crippen molar-refractivity contribution in [2.45, 2.75) is 25.6 Å². The summed E-state index contributed by atoms with van der Waals surface area (Å²) < 4.78 is 39.3. The van der Waals surface area contributed by atoms with E-state index in [1.807, 2.05) is 0 Å². The Kier molecular flexibility index (Phi) is 5.75. The van der Waals surface area contributed by atoms with Gasteiger partial charge in [0, 0.05) is 24.0 Å². The molecule has 0 radical (unpaired) electrons. The number of nitrogens with two attached hydrogens (primary N) is 1. The van der Waals surface area contributed by atoms with Crippen molar-refractivity contribution in [1.29, 1.82) is 0 Å². The van der Waals surface area contributed by atoms with Gasteiger partial charge in [0.1, 0.15) is 0 Å². The number of alkyl halides is 3. The molecule has 0 aliphatic carbocycles. The zero-order valence-corrected chi connectivity index (χ0v) is 13.8. The van der Waals surface area contributed by atoms with Crippen LogP contribution in [0.1, 0.15) is 29.3 Å². The van der Waals surface area contributed by atoms with E-state index in [1.54, 1.807) is 6.92 Å². The molecule has 0 aromatic heterocycles. The summed E-state index contributed by atoms with van der Waals surface area (Å²) in [7, 11) is 1.42. The number of rotatable bonds is 4. The highest BCUT2D eigenvalue weighted by molar-refractivity contribution is 9.10. The first-order valence-corrected chi connectivity index (χ1v) is 7.16. The first kappa shape index (κ1) is 17.9. The normalized spacial score (nSPS) is 12.9. The van der Waals surface area contributed by atoms with Gasteiger partial charge in [-0.25, -0.2) is 0 Å². The van der Waals surface area contributed by atoms with Crippen molar-refractivity contribution >= 4 is 39.0 Å². The number of carbonyl (C=O) groups excluding carboxylic acids is 1. The van der Waals surface area contributed by atoms with Crippen LogP contribution in [0.3, 0.4) is 0 Å². The highest BCUT2D eigenvalue weighted by Gasteiger charge is 2.36. The Bertz CT molecular complexity index is 563. The van der Waals surface area contributed by atoms with Crippen molar-refractivity contribution in [2.24, 2.45) is 5.73 Å². The van der Waals surface area contributed by atoms with Gasteiger partial charge in [-0.15, -0.1) is 0 Å². The zero-order valence-electron chi connectivity index (χ0n) is 11.4. The Morgan fingerprint density at radius 1 is 1.48 bits per heavy atom. The van der Waals surface area contributed by atoms with E-state index in [0.717, 1.165) is 12.1 Å². The number of thiocarbonyl (C=S) groups is 1. The minimum atomic E-state index is -4.61. The summed E-state index contributed by atoms with van der Waals surface area (Å²) in [6, 6.07) is 3.05. The van der Waals surface area contributed by atoms with Crippen LogP contribution in [0.4, 0.5) is 13.2 Å². The van der Waals surface area contributed by atoms with Crippen LogP contribution >= 0.6 is 28.1 Å². The average Bonchev–Trinajstić information content (AvgIpc) is 2.35. The minimum absolute atomic E-state index is 0.203. The largest absolute Gasteiger partial charge is 0.417 e. The van der Waals surface area contributed by atoms with Crippen LogP contribution in [0.5, 0.6) is 0 Å². The third-order valence-corrected chi connectivity index (χ3v) is 3.66. The molecule has 0 spiro atoms. The summed E-state index contributed by atoms with van der Waals surface area (Å²) in [5, 5.41) is 0. The number of halogens is 4. The molecule has 8 heteroatoms. The van der Waals surface area contributed by atoms with E-state index < -0.39 is 23.2 Å². The second kappa shape index (κ2) is 6.74. The number of hydrogen-bond donors (Lipinski definition) is 1. The standard InChI is InChI=1S/C13H14BrF3N2OS/c1-7(5-11(18)21)19(2)12(20)9-4-3-8(14)6-10(9)13(15,16)17/h3-4,6-7H,5H2,1-2H3,(H2,18,21). The van der Waals surface area contributed by atoms with Crippen molar-refractivity contribution in [3.05, 3.63) is 33.8 Å². The predicted molar refractivity (Wildman–Crippen MR) is 82.1 cm³/mol. The Labute approximate surface area is 134 Å². The van der Waals surface area contributed by atoms with Crippen LogP contribution in [0.25, 0.3) is 0 Å². The lowest BCUT2D eigenvalue weighted by Crippen LogP contribution is -2.38. The Balaban J connectivity index is 3.16. The Hall–Kier alpha value is -1.15. The molecule has 0 aliphatic heterocycles. The molecular formula is C13H14BrF3N2OS. The Morgan fingerprint density at radius 3 is 2.52 bits per heavy atom. The molecule has 0 saturated heterocycles.